The van der Waals surface area contributed by atoms with E-state index in [2.05, 4.69) is 5.32 Å². The van der Waals surface area contributed by atoms with E-state index in [0.717, 1.165) is 10.5 Å². The number of alkyl carbamates (subject to hydrolysis) is 1. The Hall–Kier alpha value is -1.98. The van der Waals surface area contributed by atoms with Gasteiger partial charge in [0.15, 0.2) is 0 Å². The molecular weight excluding hydrogens is 310 g/mol. The molecule has 120 valence electrons. The van der Waals surface area contributed by atoms with Gasteiger partial charge in [0.2, 0.25) is 0 Å². The second-order valence-electron chi connectivity index (χ2n) is 5.28. The number of carbonyl (C=O) groups is 1. The minimum absolute atomic E-state index is 0.0219. The van der Waals surface area contributed by atoms with Gasteiger partial charge in [-0.05, 0) is 17.7 Å². The lowest BCUT2D eigenvalue weighted by molar-refractivity contribution is 0.0913. The van der Waals surface area contributed by atoms with Crippen molar-refractivity contribution in [3.05, 3.63) is 66.2 Å². The Morgan fingerprint density at radius 3 is 2.48 bits per heavy atom. The van der Waals surface area contributed by atoms with Crippen LogP contribution in [0.4, 0.5) is 4.79 Å². The molecule has 1 amide bonds. The summed E-state index contributed by atoms with van der Waals surface area (Å²) in [7, 11) is 0. The highest BCUT2D eigenvalue weighted by molar-refractivity contribution is 7.99. The van der Waals surface area contributed by atoms with Crippen LogP contribution < -0.4 is 5.32 Å². The first kappa shape index (κ1) is 15.9. The van der Waals surface area contributed by atoms with E-state index < -0.39 is 6.09 Å². The Labute approximate surface area is 140 Å². The first-order valence-corrected chi connectivity index (χ1v) is 8.58. The molecule has 5 heteroatoms. The monoisotopic (exact) mass is 329 g/mol. The number of ether oxygens (including phenoxy) is 2. The molecule has 1 aliphatic rings. The van der Waals surface area contributed by atoms with Gasteiger partial charge in [-0.2, -0.15) is 0 Å². The predicted octanol–water partition coefficient (Wildman–Crippen LogP) is 3.47. The third-order valence-electron chi connectivity index (χ3n) is 3.47. The summed E-state index contributed by atoms with van der Waals surface area (Å²) in [5.74, 6) is 0.688. The van der Waals surface area contributed by atoms with Gasteiger partial charge < -0.3 is 14.8 Å². The van der Waals surface area contributed by atoms with E-state index in [0.29, 0.717) is 18.9 Å². The van der Waals surface area contributed by atoms with Crippen LogP contribution in [0.25, 0.3) is 0 Å². The number of thioether (sulfide) groups is 1. The minimum atomic E-state index is -0.400. The molecule has 0 aliphatic carbocycles. The summed E-state index contributed by atoms with van der Waals surface area (Å²) >= 11 is 1.67. The number of hydrogen-bond acceptors (Lipinski definition) is 4. The smallest absolute Gasteiger partial charge is 0.407 e. The van der Waals surface area contributed by atoms with Gasteiger partial charge in [0.1, 0.15) is 12.2 Å². The molecular formula is C18H19NO3S. The standard InChI is InChI=1S/C18H19NO3S/c20-18(19-11-14-7-3-1-4-8-14)22-17(16-12-21-16)13-23-15-9-5-2-6-10-15/h1-10,16-17H,11-13H2,(H,19,20)/t16-,17-/m0/s1. The lowest BCUT2D eigenvalue weighted by atomic mass is 10.2. The highest BCUT2D eigenvalue weighted by Gasteiger charge is 2.35. The average Bonchev–Trinajstić information content (AvgIpc) is 3.43. The summed E-state index contributed by atoms with van der Waals surface area (Å²) in [5, 5.41) is 2.78. The van der Waals surface area contributed by atoms with Gasteiger partial charge in [0.25, 0.3) is 0 Å². The van der Waals surface area contributed by atoms with Crippen molar-refractivity contribution in [1.29, 1.82) is 0 Å². The summed E-state index contributed by atoms with van der Waals surface area (Å²) in [6.45, 7) is 1.12. The zero-order chi connectivity index (χ0) is 15.9. The summed E-state index contributed by atoms with van der Waals surface area (Å²) in [6, 6.07) is 19.8. The molecule has 0 saturated carbocycles. The van der Waals surface area contributed by atoms with Crippen LogP contribution in [0.1, 0.15) is 5.56 Å². The molecule has 1 saturated heterocycles. The Morgan fingerprint density at radius 2 is 1.83 bits per heavy atom. The second-order valence-corrected chi connectivity index (χ2v) is 6.37. The number of hydrogen-bond donors (Lipinski definition) is 1. The molecule has 0 unspecified atom stereocenters. The first-order chi connectivity index (χ1) is 11.3. The third-order valence-corrected chi connectivity index (χ3v) is 4.57. The SMILES string of the molecule is O=C(NCc1ccccc1)O[C@@H](CSc1ccccc1)[C@@H]1CO1. The van der Waals surface area contributed by atoms with E-state index in [4.69, 9.17) is 9.47 Å². The van der Waals surface area contributed by atoms with Gasteiger partial charge >= 0.3 is 6.09 Å². The van der Waals surface area contributed by atoms with Gasteiger partial charge in [-0.15, -0.1) is 11.8 Å². The van der Waals surface area contributed by atoms with Crippen molar-refractivity contribution in [3.63, 3.8) is 0 Å². The molecule has 0 radical (unpaired) electrons. The van der Waals surface area contributed by atoms with Crippen molar-refractivity contribution in [2.75, 3.05) is 12.4 Å². The third kappa shape index (κ3) is 5.30. The summed E-state index contributed by atoms with van der Waals surface area (Å²) in [5.41, 5.74) is 1.04. The first-order valence-electron chi connectivity index (χ1n) is 7.59. The van der Waals surface area contributed by atoms with Crippen molar-refractivity contribution in [1.82, 2.24) is 5.32 Å². The molecule has 2 aromatic carbocycles. The fourth-order valence-corrected chi connectivity index (χ4v) is 3.12. The molecule has 23 heavy (non-hydrogen) atoms. The van der Waals surface area contributed by atoms with Crippen molar-refractivity contribution in [2.45, 2.75) is 23.6 Å². The number of amides is 1. The molecule has 1 fully saturated rings. The van der Waals surface area contributed by atoms with Crippen LogP contribution >= 0.6 is 11.8 Å². The maximum Gasteiger partial charge on any atom is 0.407 e. The van der Waals surface area contributed by atoms with Crippen LogP contribution in [0, 0.1) is 0 Å². The molecule has 0 bridgehead atoms. The number of rotatable bonds is 7. The largest absolute Gasteiger partial charge is 0.442 e. The lowest BCUT2D eigenvalue weighted by Crippen LogP contribution is -2.32. The maximum absolute atomic E-state index is 12.0. The van der Waals surface area contributed by atoms with Crippen LogP contribution in [0.15, 0.2) is 65.6 Å². The summed E-state index contributed by atoms with van der Waals surface area (Å²) < 4.78 is 10.8. The molecule has 3 rings (SSSR count). The number of benzene rings is 2. The normalized spacial score (nSPS) is 17.3. The van der Waals surface area contributed by atoms with Gasteiger partial charge in [0, 0.05) is 17.2 Å². The highest BCUT2D eigenvalue weighted by atomic mass is 32.2. The number of carbonyl (C=O) groups excluding carboxylic acids is 1. The zero-order valence-electron chi connectivity index (χ0n) is 12.7. The van der Waals surface area contributed by atoms with Crippen LogP contribution in [0.3, 0.4) is 0 Å². The van der Waals surface area contributed by atoms with E-state index in [9.17, 15) is 4.79 Å². The van der Waals surface area contributed by atoms with E-state index in [1.165, 1.54) is 0 Å². The van der Waals surface area contributed by atoms with Crippen molar-refractivity contribution >= 4 is 17.9 Å². The van der Waals surface area contributed by atoms with Crippen LogP contribution in [-0.4, -0.2) is 30.7 Å². The Kier molecular flexibility index (Phi) is 5.56. The fraction of sp³-hybridized carbons (Fsp3) is 0.278. The fourth-order valence-electron chi connectivity index (χ4n) is 2.13. The minimum Gasteiger partial charge on any atom is -0.442 e. The molecule has 2 aromatic rings. The van der Waals surface area contributed by atoms with E-state index in [-0.39, 0.29) is 12.2 Å². The summed E-state index contributed by atoms with van der Waals surface area (Å²) in [6.07, 6.45) is -0.604. The van der Waals surface area contributed by atoms with Gasteiger partial charge in [-0.3, -0.25) is 0 Å². The Bertz CT molecular complexity index is 617. The molecule has 0 spiro atoms. The van der Waals surface area contributed by atoms with Crippen LogP contribution in [-0.2, 0) is 16.0 Å². The number of nitrogens with one attached hydrogen (secondary N) is 1. The van der Waals surface area contributed by atoms with Gasteiger partial charge in [-0.1, -0.05) is 48.5 Å². The molecule has 0 aromatic heterocycles. The van der Waals surface area contributed by atoms with E-state index in [1.807, 2.05) is 60.7 Å². The van der Waals surface area contributed by atoms with Crippen molar-refractivity contribution < 1.29 is 14.3 Å². The molecule has 4 nitrogen and oxygen atoms in total. The van der Waals surface area contributed by atoms with Crippen molar-refractivity contribution in [3.8, 4) is 0 Å². The second kappa shape index (κ2) is 8.04. The van der Waals surface area contributed by atoms with Gasteiger partial charge in [0.05, 0.1) is 6.61 Å². The molecule has 2 atom stereocenters. The average molecular weight is 329 g/mol. The summed E-state index contributed by atoms with van der Waals surface area (Å²) in [4.78, 5) is 13.1. The highest BCUT2D eigenvalue weighted by Crippen LogP contribution is 2.25. The Balaban J connectivity index is 1.46. The quantitative estimate of drug-likeness (QED) is 0.624. The molecule has 1 N–H and O–H groups in total. The Morgan fingerprint density at radius 1 is 1.17 bits per heavy atom. The number of epoxide rings is 1. The molecule has 1 heterocycles. The van der Waals surface area contributed by atoms with E-state index in [1.54, 1.807) is 11.8 Å². The van der Waals surface area contributed by atoms with Crippen molar-refractivity contribution in [2.24, 2.45) is 0 Å². The zero-order valence-corrected chi connectivity index (χ0v) is 13.5. The predicted molar refractivity (Wildman–Crippen MR) is 90.5 cm³/mol. The topological polar surface area (TPSA) is 50.9 Å². The molecule has 1 aliphatic heterocycles. The lowest BCUT2D eigenvalue weighted by Gasteiger charge is -2.16. The van der Waals surface area contributed by atoms with Gasteiger partial charge in [-0.25, -0.2) is 4.79 Å². The maximum atomic E-state index is 12.0. The van der Waals surface area contributed by atoms with Crippen LogP contribution in [0.5, 0.6) is 0 Å². The van der Waals surface area contributed by atoms with Crippen LogP contribution in [0.2, 0.25) is 0 Å². The van der Waals surface area contributed by atoms with E-state index >= 15 is 0 Å².